The number of amides is 3. The van der Waals surface area contributed by atoms with Gasteiger partial charge in [0.05, 0.1) is 6.54 Å². The van der Waals surface area contributed by atoms with Crippen molar-refractivity contribution in [2.45, 2.75) is 45.6 Å². The quantitative estimate of drug-likeness (QED) is 0.588. The number of carbonyl (C=O) groups is 3. The number of imide groups is 1. The fourth-order valence-corrected chi connectivity index (χ4v) is 3.49. The predicted octanol–water partition coefficient (Wildman–Crippen LogP) is 3.85. The van der Waals surface area contributed by atoms with E-state index in [9.17, 15) is 14.4 Å². The summed E-state index contributed by atoms with van der Waals surface area (Å²) < 4.78 is 0. The number of urea groups is 1. The van der Waals surface area contributed by atoms with E-state index in [0.29, 0.717) is 11.1 Å². The van der Waals surface area contributed by atoms with Crippen molar-refractivity contribution in [3.05, 3.63) is 70.8 Å². The number of hydrogen-bond acceptors (Lipinski definition) is 3. The van der Waals surface area contributed by atoms with Gasteiger partial charge in [0, 0.05) is 5.56 Å². The summed E-state index contributed by atoms with van der Waals surface area (Å²) >= 11 is 0. The molecule has 2 aromatic carbocycles. The first-order chi connectivity index (χ1) is 13.4. The van der Waals surface area contributed by atoms with Crippen molar-refractivity contribution in [2.75, 3.05) is 6.54 Å². The van der Waals surface area contributed by atoms with Crippen LogP contribution in [0.25, 0.3) is 0 Å². The summed E-state index contributed by atoms with van der Waals surface area (Å²) in [6.07, 6.45) is 2.90. The molecule has 1 aliphatic rings. The second kappa shape index (κ2) is 7.97. The van der Waals surface area contributed by atoms with Crippen LogP contribution < -0.4 is 5.32 Å². The largest absolute Gasteiger partial charge is 0.325 e. The molecule has 2 aromatic rings. The van der Waals surface area contributed by atoms with E-state index in [1.165, 1.54) is 5.56 Å². The first kappa shape index (κ1) is 19.8. The van der Waals surface area contributed by atoms with Gasteiger partial charge in [-0.25, -0.2) is 4.79 Å². The number of nitrogens with one attached hydrogen (secondary N) is 1. The molecule has 1 atom stereocenters. The number of benzene rings is 2. The number of aryl methyl sites for hydroxylation is 2. The van der Waals surface area contributed by atoms with Gasteiger partial charge in [-0.05, 0) is 36.5 Å². The van der Waals surface area contributed by atoms with E-state index in [1.807, 2.05) is 43.3 Å². The number of hydrogen-bond donors (Lipinski definition) is 1. The second-order valence-electron chi connectivity index (χ2n) is 7.37. The summed E-state index contributed by atoms with van der Waals surface area (Å²) in [7, 11) is 0. The number of ketones is 1. The Morgan fingerprint density at radius 3 is 2.14 bits per heavy atom. The van der Waals surface area contributed by atoms with Crippen LogP contribution in [-0.2, 0) is 23.2 Å². The van der Waals surface area contributed by atoms with E-state index < -0.39 is 17.5 Å². The summed E-state index contributed by atoms with van der Waals surface area (Å²) in [5, 5.41) is 2.76. The Bertz CT molecular complexity index is 887. The van der Waals surface area contributed by atoms with Crippen LogP contribution in [0.1, 0.15) is 54.2 Å². The third-order valence-electron chi connectivity index (χ3n) is 5.33. The van der Waals surface area contributed by atoms with Gasteiger partial charge in [-0.3, -0.25) is 14.5 Å². The van der Waals surface area contributed by atoms with Gasteiger partial charge in [-0.2, -0.15) is 0 Å². The van der Waals surface area contributed by atoms with Crippen LogP contribution >= 0.6 is 0 Å². The van der Waals surface area contributed by atoms with Crippen molar-refractivity contribution in [3.8, 4) is 0 Å². The van der Waals surface area contributed by atoms with Crippen LogP contribution in [-0.4, -0.2) is 29.2 Å². The second-order valence-corrected chi connectivity index (χ2v) is 7.37. The van der Waals surface area contributed by atoms with Crippen LogP contribution in [0.2, 0.25) is 0 Å². The summed E-state index contributed by atoms with van der Waals surface area (Å²) in [5.41, 5.74) is 2.37. The number of rotatable bonds is 7. The molecule has 0 saturated carbocycles. The van der Waals surface area contributed by atoms with Gasteiger partial charge < -0.3 is 5.32 Å². The molecule has 146 valence electrons. The zero-order valence-corrected chi connectivity index (χ0v) is 16.6. The Morgan fingerprint density at radius 2 is 1.57 bits per heavy atom. The molecule has 0 bridgehead atoms. The Kier molecular flexibility index (Phi) is 5.63. The third-order valence-corrected chi connectivity index (χ3v) is 5.33. The molecule has 1 heterocycles. The highest BCUT2D eigenvalue weighted by Gasteiger charge is 2.49. The molecule has 1 N–H and O–H groups in total. The van der Waals surface area contributed by atoms with E-state index in [0.717, 1.165) is 29.7 Å². The van der Waals surface area contributed by atoms with E-state index in [4.69, 9.17) is 0 Å². The van der Waals surface area contributed by atoms with Gasteiger partial charge in [0.25, 0.3) is 5.91 Å². The molecule has 3 amide bonds. The first-order valence-corrected chi connectivity index (χ1v) is 9.74. The lowest BCUT2D eigenvalue weighted by Gasteiger charge is -2.22. The standard InChI is InChI=1S/C23H26N2O3/c1-4-6-17-9-13-19(14-10-17)23(3)21(27)25(22(28)24-23)15-20(26)18-11-7-16(5-2)8-12-18/h7-14H,4-6,15H2,1-3H3,(H,24,28). The Morgan fingerprint density at radius 1 is 0.964 bits per heavy atom. The zero-order chi connectivity index (χ0) is 20.3. The average Bonchev–Trinajstić information content (AvgIpc) is 2.92. The monoisotopic (exact) mass is 378 g/mol. The average molecular weight is 378 g/mol. The highest BCUT2D eigenvalue weighted by molar-refractivity contribution is 6.11. The lowest BCUT2D eigenvalue weighted by atomic mass is 9.91. The molecule has 1 fully saturated rings. The van der Waals surface area contributed by atoms with Crippen LogP contribution in [0.15, 0.2) is 48.5 Å². The fourth-order valence-electron chi connectivity index (χ4n) is 3.49. The number of nitrogens with zero attached hydrogens (tertiary/aromatic N) is 1. The summed E-state index contributed by atoms with van der Waals surface area (Å²) in [6.45, 7) is 5.57. The molecule has 1 aliphatic heterocycles. The predicted molar refractivity (Wildman–Crippen MR) is 108 cm³/mol. The lowest BCUT2D eigenvalue weighted by Crippen LogP contribution is -2.41. The summed E-state index contributed by atoms with van der Waals surface area (Å²) in [5.74, 6) is -0.659. The molecule has 3 rings (SSSR count). The molecule has 0 radical (unpaired) electrons. The minimum atomic E-state index is -1.16. The Balaban J connectivity index is 1.77. The maximum Gasteiger partial charge on any atom is 0.325 e. The third kappa shape index (κ3) is 3.70. The molecule has 0 aromatic heterocycles. The first-order valence-electron chi connectivity index (χ1n) is 9.74. The van der Waals surface area contributed by atoms with Gasteiger partial charge in [0.15, 0.2) is 5.78 Å². The van der Waals surface area contributed by atoms with Gasteiger partial charge in [-0.1, -0.05) is 68.8 Å². The topological polar surface area (TPSA) is 66.5 Å². The molecule has 1 saturated heterocycles. The van der Waals surface area contributed by atoms with Crippen LogP contribution in [0.3, 0.4) is 0 Å². The Labute approximate surface area is 165 Å². The lowest BCUT2D eigenvalue weighted by molar-refractivity contribution is -0.130. The van der Waals surface area contributed by atoms with Crippen molar-refractivity contribution < 1.29 is 14.4 Å². The zero-order valence-electron chi connectivity index (χ0n) is 16.6. The molecule has 28 heavy (non-hydrogen) atoms. The molecule has 0 aliphatic carbocycles. The van der Waals surface area contributed by atoms with Crippen LogP contribution in [0, 0.1) is 0 Å². The fraction of sp³-hybridized carbons (Fsp3) is 0.348. The molecular weight excluding hydrogens is 352 g/mol. The molecule has 5 nitrogen and oxygen atoms in total. The molecule has 0 spiro atoms. The van der Waals surface area contributed by atoms with Crippen molar-refractivity contribution in [1.29, 1.82) is 0 Å². The highest BCUT2D eigenvalue weighted by atomic mass is 16.2. The van der Waals surface area contributed by atoms with Gasteiger partial charge in [-0.15, -0.1) is 0 Å². The van der Waals surface area contributed by atoms with Crippen molar-refractivity contribution in [1.82, 2.24) is 10.2 Å². The SMILES string of the molecule is CCCc1ccc(C2(C)NC(=O)N(CC(=O)c3ccc(CC)cc3)C2=O)cc1. The van der Waals surface area contributed by atoms with E-state index in [1.54, 1.807) is 19.1 Å². The molecule has 5 heteroatoms. The smallest absolute Gasteiger partial charge is 0.319 e. The van der Waals surface area contributed by atoms with E-state index in [2.05, 4.69) is 12.2 Å². The van der Waals surface area contributed by atoms with Crippen LogP contribution in [0.4, 0.5) is 4.79 Å². The Hall–Kier alpha value is -2.95. The molecule has 1 unspecified atom stereocenters. The van der Waals surface area contributed by atoms with Crippen molar-refractivity contribution in [2.24, 2.45) is 0 Å². The summed E-state index contributed by atoms with van der Waals surface area (Å²) in [6, 6.07) is 14.4. The molecular formula is C23H26N2O3. The van der Waals surface area contributed by atoms with Crippen LogP contribution in [0.5, 0.6) is 0 Å². The van der Waals surface area contributed by atoms with Gasteiger partial charge in [0.1, 0.15) is 5.54 Å². The minimum Gasteiger partial charge on any atom is -0.319 e. The van der Waals surface area contributed by atoms with Gasteiger partial charge in [0.2, 0.25) is 0 Å². The van der Waals surface area contributed by atoms with Crippen molar-refractivity contribution >= 4 is 17.7 Å². The number of carbonyl (C=O) groups excluding carboxylic acids is 3. The van der Waals surface area contributed by atoms with E-state index >= 15 is 0 Å². The minimum absolute atomic E-state index is 0.256. The maximum absolute atomic E-state index is 13.0. The van der Waals surface area contributed by atoms with Gasteiger partial charge >= 0.3 is 6.03 Å². The van der Waals surface area contributed by atoms with Crippen molar-refractivity contribution in [3.63, 3.8) is 0 Å². The summed E-state index contributed by atoms with van der Waals surface area (Å²) in [4.78, 5) is 39.1. The maximum atomic E-state index is 13.0. The normalized spacial score (nSPS) is 19.0. The highest BCUT2D eigenvalue weighted by Crippen LogP contribution is 2.29. The number of Topliss-reactive ketones (excluding diaryl/α,β-unsaturated/α-hetero) is 1. The van der Waals surface area contributed by atoms with E-state index in [-0.39, 0.29) is 12.3 Å².